The molecule has 0 saturated carbocycles. The van der Waals surface area contributed by atoms with E-state index < -0.39 is 5.82 Å². The zero-order valence-electron chi connectivity index (χ0n) is 17.2. The van der Waals surface area contributed by atoms with Gasteiger partial charge < -0.3 is 9.88 Å². The third-order valence-electron chi connectivity index (χ3n) is 5.29. The van der Waals surface area contributed by atoms with Crippen LogP contribution in [-0.4, -0.2) is 26.4 Å². The minimum atomic E-state index is -0.441. The average Bonchev–Trinajstić information content (AvgIpc) is 3.32. The lowest BCUT2D eigenvalue weighted by atomic mass is 9.88. The third-order valence-corrected chi connectivity index (χ3v) is 7.30. The Balaban J connectivity index is 1.51. The fourth-order valence-corrected chi connectivity index (χ4v) is 5.77. The van der Waals surface area contributed by atoms with Crippen LogP contribution in [-0.2, 0) is 24.2 Å². The van der Waals surface area contributed by atoms with Crippen LogP contribution in [0.5, 0.6) is 0 Å². The Kier molecular flexibility index (Phi) is 6.53. The quantitative estimate of drug-likeness (QED) is 0.495. The molecule has 0 bridgehead atoms. The molecule has 2 heterocycles. The van der Waals surface area contributed by atoms with Gasteiger partial charge in [-0.1, -0.05) is 37.7 Å². The highest BCUT2D eigenvalue weighted by Crippen LogP contribution is 2.38. The summed E-state index contributed by atoms with van der Waals surface area (Å²) in [5.74, 6) is 1.07. The molecule has 5 nitrogen and oxygen atoms in total. The van der Waals surface area contributed by atoms with Crippen molar-refractivity contribution >= 4 is 34.7 Å². The summed E-state index contributed by atoms with van der Waals surface area (Å²) < 4.78 is 15.9. The molecular formula is C22H25FN4OS2. The van der Waals surface area contributed by atoms with E-state index in [1.54, 1.807) is 18.2 Å². The minimum Gasteiger partial charge on any atom is -0.323 e. The van der Waals surface area contributed by atoms with Crippen LogP contribution in [0.15, 0.2) is 34.8 Å². The summed E-state index contributed by atoms with van der Waals surface area (Å²) in [7, 11) is 0. The maximum absolute atomic E-state index is 13.8. The second-order valence-corrected chi connectivity index (χ2v) is 9.58. The topological polar surface area (TPSA) is 59.8 Å². The standard InChI is InChI=1S/C22H25FN4OS2/c1-3-10-27-21(16-12-29-19-11-14(2)8-9-15(16)19)25-26-22(27)30-13-20(28)24-18-7-5-4-6-17(18)23/h4-7,12,14H,3,8-11,13H2,1-2H3,(H,24,28). The van der Waals surface area contributed by atoms with Gasteiger partial charge in [-0.3, -0.25) is 4.79 Å². The van der Waals surface area contributed by atoms with E-state index in [2.05, 4.69) is 39.3 Å². The molecule has 4 rings (SSSR count). The molecule has 1 aliphatic carbocycles. The summed E-state index contributed by atoms with van der Waals surface area (Å²) in [4.78, 5) is 13.8. The Hall–Kier alpha value is -2.19. The molecule has 3 aromatic rings. The van der Waals surface area contributed by atoms with Crippen molar-refractivity contribution in [3.05, 3.63) is 45.9 Å². The predicted molar refractivity (Wildman–Crippen MR) is 121 cm³/mol. The van der Waals surface area contributed by atoms with Crippen LogP contribution in [0.2, 0.25) is 0 Å². The number of benzene rings is 1. The number of hydrogen-bond acceptors (Lipinski definition) is 5. The van der Waals surface area contributed by atoms with E-state index in [1.807, 2.05) is 11.3 Å². The van der Waals surface area contributed by atoms with Crippen molar-refractivity contribution in [1.29, 1.82) is 0 Å². The lowest BCUT2D eigenvalue weighted by Crippen LogP contribution is -2.15. The molecule has 1 amide bonds. The highest BCUT2D eigenvalue weighted by atomic mass is 32.2. The molecule has 30 heavy (non-hydrogen) atoms. The van der Waals surface area contributed by atoms with E-state index in [9.17, 15) is 9.18 Å². The highest BCUT2D eigenvalue weighted by Gasteiger charge is 2.24. The first-order valence-electron chi connectivity index (χ1n) is 10.3. The Morgan fingerprint density at radius 1 is 1.37 bits per heavy atom. The lowest BCUT2D eigenvalue weighted by molar-refractivity contribution is -0.113. The summed E-state index contributed by atoms with van der Waals surface area (Å²) in [6, 6.07) is 6.17. The largest absolute Gasteiger partial charge is 0.323 e. The number of carbonyl (C=O) groups is 1. The summed E-state index contributed by atoms with van der Waals surface area (Å²) in [5.41, 5.74) is 2.79. The number of fused-ring (bicyclic) bond motifs is 1. The van der Waals surface area contributed by atoms with Crippen LogP contribution in [0.4, 0.5) is 10.1 Å². The zero-order chi connectivity index (χ0) is 21.1. The van der Waals surface area contributed by atoms with Crippen LogP contribution < -0.4 is 5.32 Å². The van der Waals surface area contributed by atoms with Crippen LogP contribution in [0.25, 0.3) is 11.4 Å². The second kappa shape index (κ2) is 9.31. The fourth-order valence-electron chi connectivity index (χ4n) is 3.76. The molecule has 1 unspecified atom stereocenters. The van der Waals surface area contributed by atoms with E-state index in [4.69, 9.17) is 0 Å². The first-order chi connectivity index (χ1) is 14.6. The number of rotatable bonds is 7. The molecule has 0 saturated heterocycles. The third kappa shape index (κ3) is 4.44. The Morgan fingerprint density at radius 3 is 3.00 bits per heavy atom. The van der Waals surface area contributed by atoms with Crippen LogP contribution in [0.1, 0.15) is 37.1 Å². The van der Waals surface area contributed by atoms with Crippen molar-refractivity contribution in [2.75, 3.05) is 11.1 Å². The van der Waals surface area contributed by atoms with Gasteiger partial charge in [0.25, 0.3) is 0 Å². The molecule has 158 valence electrons. The number of nitrogens with zero attached hydrogens (tertiary/aromatic N) is 3. The maximum Gasteiger partial charge on any atom is 0.234 e. The predicted octanol–water partition coefficient (Wildman–Crippen LogP) is 5.41. The van der Waals surface area contributed by atoms with Gasteiger partial charge in [-0.25, -0.2) is 4.39 Å². The van der Waals surface area contributed by atoms with Gasteiger partial charge in [0.1, 0.15) is 5.82 Å². The molecule has 0 fully saturated rings. The number of nitrogens with one attached hydrogen (secondary N) is 1. The van der Waals surface area contributed by atoms with Crippen LogP contribution >= 0.6 is 23.1 Å². The fraction of sp³-hybridized carbons (Fsp3) is 0.409. The van der Waals surface area contributed by atoms with E-state index in [0.717, 1.165) is 42.7 Å². The van der Waals surface area contributed by atoms with Crippen molar-refractivity contribution in [3.8, 4) is 11.4 Å². The number of aromatic nitrogens is 3. The Labute approximate surface area is 184 Å². The lowest BCUT2D eigenvalue weighted by Gasteiger charge is -2.19. The number of hydrogen-bond donors (Lipinski definition) is 1. The molecular weight excluding hydrogens is 419 g/mol. The summed E-state index contributed by atoms with van der Waals surface area (Å²) in [5, 5.41) is 14.4. The van der Waals surface area contributed by atoms with Gasteiger partial charge in [0.2, 0.25) is 5.91 Å². The number of carbonyl (C=O) groups excluding carboxylic acids is 1. The first-order valence-corrected chi connectivity index (χ1v) is 12.1. The van der Waals surface area contributed by atoms with Crippen molar-refractivity contribution in [3.63, 3.8) is 0 Å². The zero-order valence-corrected chi connectivity index (χ0v) is 18.8. The van der Waals surface area contributed by atoms with E-state index in [-0.39, 0.29) is 17.3 Å². The number of thioether (sulfide) groups is 1. The van der Waals surface area contributed by atoms with E-state index in [0.29, 0.717) is 0 Å². The summed E-state index contributed by atoms with van der Waals surface area (Å²) >= 11 is 3.15. The average molecular weight is 445 g/mol. The summed E-state index contributed by atoms with van der Waals surface area (Å²) in [6.45, 7) is 5.22. The molecule has 1 N–H and O–H groups in total. The van der Waals surface area contributed by atoms with Crippen LogP contribution in [0, 0.1) is 11.7 Å². The van der Waals surface area contributed by atoms with Crippen molar-refractivity contribution < 1.29 is 9.18 Å². The monoisotopic (exact) mass is 444 g/mol. The van der Waals surface area contributed by atoms with E-state index in [1.165, 1.54) is 40.3 Å². The number of anilines is 1. The SMILES string of the molecule is CCCn1c(SCC(=O)Nc2ccccc2F)nnc1-c1csc2c1CCC(C)C2. The number of para-hydroxylation sites is 1. The molecule has 0 spiro atoms. The molecule has 1 aromatic carbocycles. The molecule has 2 aromatic heterocycles. The molecule has 1 aliphatic rings. The molecule has 8 heteroatoms. The van der Waals surface area contributed by atoms with Gasteiger partial charge in [-0.15, -0.1) is 21.5 Å². The number of halogens is 1. The number of thiophene rings is 1. The van der Waals surface area contributed by atoms with Crippen molar-refractivity contribution in [1.82, 2.24) is 14.8 Å². The number of amides is 1. The van der Waals surface area contributed by atoms with Gasteiger partial charge in [0.15, 0.2) is 11.0 Å². The normalized spacial score (nSPS) is 15.8. The van der Waals surface area contributed by atoms with Crippen molar-refractivity contribution in [2.24, 2.45) is 5.92 Å². The second-order valence-electron chi connectivity index (χ2n) is 7.67. The maximum atomic E-state index is 13.8. The van der Waals surface area contributed by atoms with E-state index >= 15 is 0 Å². The van der Waals surface area contributed by atoms with Gasteiger partial charge in [-0.2, -0.15) is 0 Å². The van der Waals surface area contributed by atoms with Gasteiger partial charge in [0, 0.05) is 22.4 Å². The van der Waals surface area contributed by atoms with Crippen molar-refractivity contribution in [2.45, 2.75) is 51.2 Å². The molecule has 0 aliphatic heterocycles. The van der Waals surface area contributed by atoms with Gasteiger partial charge in [0.05, 0.1) is 11.4 Å². The van der Waals surface area contributed by atoms with Gasteiger partial charge >= 0.3 is 0 Å². The van der Waals surface area contributed by atoms with Crippen LogP contribution in [0.3, 0.4) is 0 Å². The molecule has 1 atom stereocenters. The Bertz CT molecular complexity index is 1050. The molecule has 0 radical (unpaired) electrons. The van der Waals surface area contributed by atoms with Gasteiger partial charge in [-0.05, 0) is 49.3 Å². The summed E-state index contributed by atoms with van der Waals surface area (Å²) in [6.07, 6.45) is 4.38. The first kappa shape index (κ1) is 21.1. The highest BCUT2D eigenvalue weighted by molar-refractivity contribution is 7.99. The Morgan fingerprint density at radius 2 is 2.20 bits per heavy atom. The minimum absolute atomic E-state index is 0.148. The smallest absolute Gasteiger partial charge is 0.234 e.